The van der Waals surface area contributed by atoms with Crippen molar-refractivity contribution in [3.8, 4) is 23.6 Å². The fourth-order valence-electron chi connectivity index (χ4n) is 2.10. The van der Waals surface area contributed by atoms with Crippen LogP contribution in [0.3, 0.4) is 0 Å². The Morgan fingerprint density at radius 1 is 1.46 bits per heavy atom. The van der Waals surface area contributed by atoms with E-state index in [1.165, 1.54) is 11.7 Å². The van der Waals surface area contributed by atoms with Gasteiger partial charge in [-0.05, 0) is 46.6 Å². The Morgan fingerprint density at radius 3 is 2.67 bits per heavy atom. The Bertz CT molecular complexity index is 1040. The Kier molecular flexibility index (Phi) is 5.45. The lowest BCUT2D eigenvalue weighted by Crippen LogP contribution is -2.31. The molecule has 0 aliphatic rings. The highest BCUT2D eigenvalue weighted by Gasteiger charge is 2.10. The third-order valence-corrected chi connectivity index (χ3v) is 4.96. The van der Waals surface area contributed by atoms with E-state index in [2.05, 4.69) is 15.9 Å². The van der Waals surface area contributed by atoms with Crippen molar-refractivity contribution in [2.75, 3.05) is 7.11 Å². The topological polar surface area (TPSA) is 99.0 Å². The number of ether oxygens (including phenoxy) is 1. The Hall–Kier alpha value is -2.55. The SMILES string of the molecule is CCn1c(=C(C#N)C#N)sc(=Cc2cc(Br)c(O)c(OC)c2)c1=O. The summed E-state index contributed by atoms with van der Waals surface area (Å²) in [5.41, 5.74) is 0.270. The minimum atomic E-state index is -0.274. The number of nitrogens with zero attached hydrogens (tertiary/aromatic N) is 3. The first kappa shape index (κ1) is 17.8. The van der Waals surface area contributed by atoms with E-state index in [1.54, 1.807) is 25.1 Å². The van der Waals surface area contributed by atoms with Crippen LogP contribution in [0.1, 0.15) is 12.5 Å². The summed E-state index contributed by atoms with van der Waals surface area (Å²) in [7, 11) is 1.43. The van der Waals surface area contributed by atoms with Crippen molar-refractivity contribution in [3.63, 3.8) is 0 Å². The molecule has 0 aliphatic heterocycles. The molecule has 0 aliphatic carbocycles. The number of nitriles is 2. The fourth-order valence-corrected chi connectivity index (χ4v) is 3.67. The summed E-state index contributed by atoms with van der Waals surface area (Å²) in [5.74, 6) is 0.238. The second-order valence-corrected chi connectivity index (χ2v) is 6.50. The number of aromatic nitrogens is 1. The van der Waals surface area contributed by atoms with E-state index in [0.717, 1.165) is 11.3 Å². The van der Waals surface area contributed by atoms with Gasteiger partial charge in [-0.15, -0.1) is 11.3 Å². The van der Waals surface area contributed by atoms with Gasteiger partial charge in [-0.3, -0.25) is 9.36 Å². The first-order chi connectivity index (χ1) is 11.5. The summed E-state index contributed by atoms with van der Waals surface area (Å²) < 4.78 is 7.63. The van der Waals surface area contributed by atoms with E-state index in [4.69, 9.17) is 15.3 Å². The molecule has 2 rings (SSSR count). The van der Waals surface area contributed by atoms with Gasteiger partial charge in [0.15, 0.2) is 17.1 Å². The van der Waals surface area contributed by atoms with Gasteiger partial charge in [0.1, 0.15) is 16.8 Å². The molecule has 0 bridgehead atoms. The van der Waals surface area contributed by atoms with E-state index in [-0.39, 0.29) is 22.6 Å². The second-order valence-electron chi connectivity index (χ2n) is 4.62. The molecule has 0 radical (unpaired) electrons. The summed E-state index contributed by atoms with van der Waals surface area (Å²) in [6.45, 7) is 2.13. The van der Waals surface area contributed by atoms with E-state index in [0.29, 0.717) is 25.8 Å². The van der Waals surface area contributed by atoms with Crippen molar-refractivity contribution in [2.24, 2.45) is 0 Å². The molecule has 0 amide bonds. The summed E-state index contributed by atoms with van der Waals surface area (Å²) in [5, 5.41) is 27.9. The maximum absolute atomic E-state index is 12.5. The van der Waals surface area contributed by atoms with Crippen molar-refractivity contribution in [2.45, 2.75) is 13.5 Å². The highest BCUT2D eigenvalue weighted by atomic mass is 79.9. The third kappa shape index (κ3) is 3.21. The number of benzene rings is 1. The number of rotatable bonds is 3. The normalized spacial score (nSPS) is 11.0. The molecule has 1 heterocycles. The third-order valence-electron chi connectivity index (χ3n) is 3.23. The van der Waals surface area contributed by atoms with Crippen molar-refractivity contribution in [1.29, 1.82) is 10.5 Å². The van der Waals surface area contributed by atoms with Crippen molar-refractivity contribution in [3.05, 3.63) is 41.7 Å². The molecule has 2 aromatic rings. The van der Waals surface area contributed by atoms with E-state index in [9.17, 15) is 9.90 Å². The fraction of sp³-hybridized carbons (Fsp3) is 0.188. The molecule has 8 heteroatoms. The van der Waals surface area contributed by atoms with E-state index in [1.807, 2.05) is 12.1 Å². The van der Waals surface area contributed by atoms with Gasteiger partial charge >= 0.3 is 0 Å². The van der Waals surface area contributed by atoms with Crippen LogP contribution in [0.15, 0.2) is 21.4 Å². The molecule has 24 heavy (non-hydrogen) atoms. The molecule has 0 atom stereocenters. The molecule has 0 saturated carbocycles. The van der Waals surface area contributed by atoms with Gasteiger partial charge in [-0.25, -0.2) is 0 Å². The van der Waals surface area contributed by atoms with Gasteiger partial charge in [0.05, 0.1) is 16.1 Å². The maximum Gasteiger partial charge on any atom is 0.269 e. The zero-order valence-corrected chi connectivity index (χ0v) is 15.2. The number of aromatic hydroxyl groups is 1. The van der Waals surface area contributed by atoms with Gasteiger partial charge in [0.2, 0.25) is 0 Å². The predicted molar refractivity (Wildman–Crippen MR) is 94.1 cm³/mol. The lowest BCUT2D eigenvalue weighted by molar-refractivity contribution is 0.372. The van der Waals surface area contributed by atoms with Crippen molar-refractivity contribution >= 4 is 38.9 Å². The maximum atomic E-state index is 12.5. The van der Waals surface area contributed by atoms with Crippen molar-refractivity contribution in [1.82, 2.24) is 4.57 Å². The molecule has 122 valence electrons. The van der Waals surface area contributed by atoms with Gasteiger partial charge in [-0.1, -0.05) is 0 Å². The zero-order valence-electron chi connectivity index (χ0n) is 12.8. The monoisotopic (exact) mass is 405 g/mol. The first-order valence-electron chi connectivity index (χ1n) is 6.79. The number of phenolic OH excluding ortho intramolecular Hbond substituents is 1. The number of phenols is 1. The van der Waals surface area contributed by atoms with Crippen LogP contribution in [0, 0.1) is 22.7 Å². The van der Waals surface area contributed by atoms with Crippen LogP contribution in [-0.2, 0) is 6.54 Å². The van der Waals surface area contributed by atoms with Crippen LogP contribution >= 0.6 is 27.3 Å². The number of halogens is 1. The number of thiazole rings is 1. The smallest absolute Gasteiger partial charge is 0.269 e. The summed E-state index contributed by atoms with van der Waals surface area (Å²) in [4.78, 5) is 12.5. The molecule has 6 nitrogen and oxygen atoms in total. The molecule has 1 N–H and O–H groups in total. The second kappa shape index (κ2) is 7.35. The molecule has 0 saturated heterocycles. The molecular weight excluding hydrogens is 394 g/mol. The standard InChI is InChI=1S/C16H12BrN3O3S/c1-3-20-15(22)13(24-16(20)10(7-18)8-19)6-9-4-11(17)14(21)12(5-9)23-2/h4-6,21H,3H2,1-2H3. The van der Waals surface area contributed by atoms with E-state index < -0.39 is 0 Å². The minimum Gasteiger partial charge on any atom is -0.503 e. The Labute approximate surface area is 149 Å². The molecule has 0 spiro atoms. The predicted octanol–water partition coefficient (Wildman–Crippen LogP) is 1.43. The largest absolute Gasteiger partial charge is 0.503 e. The number of methoxy groups -OCH3 is 1. The molecule has 0 fully saturated rings. The first-order valence-corrected chi connectivity index (χ1v) is 8.40. The van der Waals surface area contributed by atoms with Gasteiger partial charge in [0.25, 0.3) is 5.56 Å². The lowest BCUT2D eigenvalue weighted by Gasteiger charge is -2.06. The van der Waals surface area contributed by atoms with Crippen LogP contribution in [0.5, 0.6) is 11.5 Å². The van der Waals surface area contributed by atoms with Gasteiger partial charge in [0, 0.05) is 6.54 Å². The van der Waals surface area contributed by atoms with Crippen LogP contribution in [0.4, 0.5) is 0 Å². The summed E-state index contributed by atoms with van der Waals surface area (Å²) in [6, 6.07) is 6.86. The van der Waals surface area contributed by atoms with Crippen LogP contribution in [0.25, 0.3) is 11.6 Å². The molecule has 1 aromatic heterocycles. The summed E-state index contributed by atoms with van der Waals surface area (Å²) >= 11 is 4.31. The average molecular weight is 406 g/mol. The van der Waals surface area contributed by atoms with Crippen LogP contribution < -0.4 is 19.5 Å². The quantitative estimate of drug-likeness (QED) is 0.832. The average Bonchev–Trinajstić information content (AvgIpc) is 2.87. The van der Waals surface area contributed by atoms with Gasteiger partial charge in [-0.2, -0.15) is 10.5 Å². The zero-order chi connectivity index (χ0) is 17.9. The number of hydrogen-bond acceptors (Lipinski definition) is 6. The highest BCUT2D eigenvalue weighted by Crippen LogP contribution is 2.35. The molecule has 0 unspecified atom stereocenters. The number of hydrogen-bond donors (Lipinski definition) is 1. The van der Waals surface area contributed by atoms with Crippen LogP contribution in [0.2, 0.25) is 0 Å². The van der Waals surface area contributed by atoms with E-state index >= 15 is 0 Å². The molecular formula is C16H12BrN3O3S. The minimum absolute atomic E-state index is 0.0305. The van der Waals surface area contributed by atoms with Crippen LogP contribution in [-0.4, -0.2) is 16.8 Å². The lowest BCUT2D eigenvalue weighted by atomic mass is 10.2. The Balaban J connectivity index is 2.81. The van der Waals surface area contributed by atoms with Gasteiger partial charge < -0.3 is 9.84 Å². The summed E-state index contributed by atoms with van der Waals surface area (Å²) in [6.07, 6.45) is 1.63. The Morgan fingerprint density at radius 2 is 2.12 bits per heavy atom. The van der Waals surface area contributed by atoms with Crippen molar-refractivity contribution < 1.29 is 9.84 Å². The highest BCUT2D eigenvalue weighted by molar-refractivity contribution is 9.10. The molecule has 1 aromatic carbocycles.